The Hall–Kier alpha value is -2.48. The number of likely N-dealkylation sites (tertiary alicyclic amines) is 1. The number of benzene rings is 1. The highest BCUT2D eigenvalue weighted by molar-refractivity contribution is 7.13. The Morgan fingerprint density at radius 2 is 2.12 bits per heavy atom. The lowest BCUT2D eigenvalue weighted by Crippen LogP contribution is -2.41. The maximum atomic E-state index is 13.2. The SMILES string of the molecule is CCNc1nc(C(=O)N2CCC(C(=O)Nc3cccc(F)c3)CC2)cs1. The van der Waals surface area contributed by atoms with Crippen LogP contribution in [0.1, 0.15) is 30.3 Å². The molecule has 1 saturated heterocycles. The van der Waals surface area contributed by atoms with Crippen LogP contribution in [0, 0.1) is 11.7 Å². The number of thiazole rings is 1. The second-order valence-electron chi connectivity index (χ2n) is 6.13. The molecule has 1 fully saturated rings. The van der Waals surface area contributed by atoms with E-state index in [2.05, 4.69) is 15.6 Å². The topological polar surface area (TPSA) is 74.3 Å². The smallest absolute Gasteiger partial charge is 0.273 e. The number of aromatic nitrogens is 1. The van der Waals surface area contributed by atoms with Crippen LogP contribution in [0.4, 0.5) is 15.2 Å². The van der Waals surface area contributed by atoms with Crippen molar-refractivity contribution in [3.8, 4) is 0 Å². The number of rotatable bonds is 5. The molecule has 8 heteroatoms. The van der Waals surface area contributed by atoms with Crippen LogP contribution in [0.15, 0.2) is 29.6 Å². The molecule has 138 valence electrons. The molecule has 0 spiro atoms. The number of hydrogen-bond donors (Lipinski definition) is 2. The van der Waals surface area contributed by atoms with E-state index in [4.69, 9.17) is 0 Å². The van der Waals surface area contributed by atoms with Crippen molar-refractivity contribution in [3.63, 3.8) is 0 Å². The van der Waals surface area contributed by atoms with Gasteiger partial charge in [-0.05, 0) is 38.0 Å². The molecule has 2 amide bonds. The molecule has 0 saturated carbocycles. The summed E-state index contributed by atoms with van der Waals surface area (Å²) >= 11 is 1.41. The first-order valence-corrected chi connectivity index (χ1v) is 9.50. The lowest BCUT2D eigenvalue weighted by atomic mass is 9.95. The van der Waals surface area contributed by atoms with Gasteiger partial charge in [0.25, 0.3) is 5.91 Å². The second-order valence-corrected chi connectivity index (χ2v) is 6.99. The number of amides is 2. The predicted molar refractivity (Wildman–Crippen MR) is 99.9 cm³/mol. The van der Waals surface area contributed by atoms with Crippen LogP contribution >= 0.6 is 11.3 Å². The summed E-state index contributed by atoms with van der Waals surface area (Å²) in [5.74, 6) is -0.807. The van der Waals surface area contributed by atoms with E-state index in [1.54, 1.807) is 22.4 Å². The van der Waals surface area contributed by atoms with Crippen molar-refractivity contribution in [3.05, 3.63) is 41.2 Å². The van der Waals surface area contributed by atoms with Gasteiger partial charge in [0.2, 0.25) is 5.91 Å². The van der Waals surface area contributed by atoms with Gasteiger partial charge in [0, 0.05) is 36.6 Å². The van der Waals surface area contributed by atoms with E-state index in [9.17, 15) is 14.0 Å². The van der Waals surface area contributed by atoms with Gasteiger partial charge < -0.3 is 15.5 Å². The number of nitrogens with zero attached hydrogens (tertiary/aromatic N) is 2. The molecule has 26 heavy (non-hydrogen) atoms. The Morgan fingerprint density at radius 1 is 1.35 bits per heavy atom. The second kappa shape index (κ2) is 8.27. The number of carbonyl (C=O) groups is 2. The van der Waals surface area contributed by atoms with Crippen molar-refractivity contribution in [2.45, 2.75) is 19.8 Å². The van der Waals surface area contributed by atoms with Gasteiger partial charge >= 0.3 is 0 Å². The van der Waals surface area contributed by atoms with Crippen LogP contribution in [0.5, 0.6) is 0 Å². The minimum absolute atomic E-state index is 0.102. The first-order chi connectivity index (χ1) is 12.6. The van der Waals surface area contributed by atoms with Crippen molar-refractivity contribution in [1.29, 1.82) is 0 Å². The standard InChI is InChI=1S/C18H21FN4O2S/c1-2-20-18-22-15(11-26-18)17(25)23-8-6-12(7-9-23)16(24)21-14-5-3-4-13(19)10-14/h3-5,10-12H,2,6-9H2,1H3,(H,20,22)(H,21,24). The molecule has 2 heterocycles. The molecule has 0 aliphatic carbocycles. The van der Waals surface area contributed by atoms with Gasteiger partial charge in [-0.15, -0.1) is 11.3 Å². The van der Waals surface area contributed by atoms with Gasteiger partial charge in [0.15, 0.2) is 5.13 Å². The maximum absolute atomic E-state index is 13.2. The first-order valence-electron chi connectivity index (χ1n) is 8.62. The van der Waals surface area contributed by atoms with Crippen LogP contribution in [-0.4, -0.2) is 41.3 Å². The van der Waals surface area contributed by atoms with Gasteiger partial charge in [0.1, 0.15) is 11.5 Å². The summed E-state index contributed by atoms with van der Waals surface area (Å²) in [6.45, 7) is 3.75. The summed E-state index contributed by atoms with van der Waals surface area (Å²) in [5.41, 5.74) is 0.889. The molecule has 0 unspecified atom stereocenters. The largest absolute Gasteiger partial charge is 0.362 e. The molecule has 1 aliphatic heterocycles. The van der Waals surface area contributed by atoms with Gasteiger partial charge in [-0.1, -0.05) is 6.07 Å². The van der Waals surface area contributed by atoms with E-state index < -0.39 is 0 Å². The van der Waals surface area contributed by atoms with Crippen LogP contribution < -0.4 is 10.6 Å². The zero-order chi connectivity index (χ0) is 18.5. The zero-order valence-electron chi connectivity index (χ0n) is 14.5. The van der Waals surface area contributed by atoms with Gasteiger partial charge in [0.05, 0.1) is 0 Å². The fourth-order valence-electron chi connectivity index (χ4n) is 2.92. The summed E-state index contributed by atoms with van der Waals surface area (Å²) in [6.07, 6.45) is 1.16. The molecule has 0 atom stereocenters. The number of nitrogens with one attached hydrogen (secondary N) is 2. The minimum atomic E-state index is -0.386. The third-order valence-corrected chi connectivity index (χ3v) is 5.10. The monoisotopic (exact) mass is 376 g/mol. The Morgan fingerprint density at radius 3 is 2.81 bits per heavy atom. The molecule has 2 aromatic rings. The third kappa shape index (κ3) is 4.37. The van der Waals surface area contributed by atoms with Crippen molar-refractivity contribution in [2.75, 3.05) is 30.3 Å². The summed E-state index contributed by atoms with van der Waals surface area (Å²) in [7, 11) is 0. The zero-order valence-corrected chi connectivity index (χ0v) is 15.3. The molecular formula is C18H21FN4O2S. The summed E-state index contributed by atoms with van der Waals surface area (Å²) in [6, 6.07) is 5.84. The number of carbonyl (C=O) groups excluding carboxylic acids is 2. The van der Waals surface area contributed by atoms with E-state index in [1.165, 1.54) is 23.5 Å². The molecule has 3 rings (SSSR count). The van der Waals surface area contributed by atoms with Crippen molar-refractivity contribution >= 4 is 34.0 Å². The highest BCUT2D eigenvalue weighted by Gasteiger charge is 2.28. The molecule has 0 bridgehead atoms. The molecule has 6 nitrogen and oxygen atoms in total. The van der Waals surface area contributed by atoms with Crippen LogP contribution in [0.25, 0.3) is 0 Å². The quantitative estimate of drug-likeness (QED) is 0.840. The predicted octanol–water partition coefficient (Wildman–Crippen LogP) is 3.20. The summed E-state index contributed by atoms with van der Waals surface area (Å²) < 4.78 is 13.2. The molecule has 1 aromatic heterocycles. The molecule has 2 N–H and O–H groups in total. The normalized spacial score (nSPS) is 14.9. The van der Waals surface area contributed by atoms with Gasteiger partial charge in [-0.2, -0.15) is 0 Å². The van der Waals surface area contributed by atoms with E-state index in [-0.39, 0.29) is 23.5 Å². The number of hydrogen-bond acceptors (Lipinski definition) is 5. The Bertz CT molecular complexity index is 787. The van der Waals surface area contributed by atoms with Gasteiger partial charge in [-0.3, -0.25) is 9.59 Å². The summed E-state index contributed by atoms with van der Waals surface area (Å²) in [4.78, 5) is 30.9. The minimum Gasteiger partial charge on any atom is -0.362 e. The fourth-order valence-corrected chi connectivity index (χ4v) is 3.68. The van der Waals surface area contributed by atoms with E-state index in [0.717, 1.165) is 11.7 Å². The molecule has 0 radical (unpaired) electrons. The first kappa shape index (κ1) is 18.3. The molecule has 1 aliphatic rings. The number of piperidine rings is 1. The lowest BCUT2D eigenvalue weighted by molar-refractivity contribution is -0.121. The van der Waals surface area contributed by atoms with E-state index in [0.29, 0.717) is 37.3 Å². The van der Waals surface area contributed by atoms with Crippen molar-refractivity contribution in [2.24, 2.45) is 5.92 Å². The maximum Gasteiger partial charge on any atom is 0.273 e. The van der Waals surface area contributed by atoms with Crippen molar-refractivity contribution < 1.29 is 14.0 Å². The van der Waals surface area contributed by atoms with E-state index >= 15 is 0 Å². The summed E-state index contributed by atoms with van der Waals surface area (Å²) in [5, 5.41) is 8.33. The van der Waals surface area contributed by atoms with E-state index in [1.807, 2.05) is 6.92 Å². The van der Waals surface area contributed by atoms with Crippen molar-refractivity contribution in [1.82, 2.24) is 9.88 Å². The van der Waals surface area contributed by atoms with Crippen LogP contribution in [-0.2, 0) is 4.79 Å². The van der Waals surface area contributed by atoms with Crippen LogP contribution in [0.3, 0.4) is 0 Å². The molecule has 1 aromatic carbocycles. The lowest BCUT2D eigenvalue weighted by Gasteiger charge is -2.30. The fraction of sp³-hybridized carbons (Fsp3) is 0.389. The molecular weight excluding hydrogens is 355 g/mol. The van der Waals surface area contributed by atoms with Crippen LogP contribution in [0.2, 0.25) is 0 Å². The highest BCUT2D eigenvalue weighted by Crippen LogP contribution is 2.23. The van der Waals surface area contributed by atoms with Gasteiger partial charge in [-0.25, -0.2) is 9.37 Å². The number of anilines is 2. The third-order valence-electron chi connectivity index (χ3n) is 4.30. The Labute approximate surface area is 155 Å². The Kier molecular flexibility index (Phi) is 5.82. The average Bonchev–Trinajstić information content (AvgIpc) is 3.10. The highest BCUT2D eigenvalue weighted by atomic mass is 32.1. The average molecular weight is 376 g/mol. The Balaban J connectivity index is 1.53. The number of halogens is 1.